The van der Waals surface area contributed by atoms with Crippen LogP contribution >= 0.6 is 0 Å². The molecule has 2 aliphatic rings. The van der Waals surface area contributed by atoms with Crippen molar-refractivity contribution in [1.82, 2.24) is 14.5 Å². The van der Waals surface area contributed by atoms with Gasteiger partial charge in [-0.1, -0.05) is 0 Å². The molecule has 37 heavy (non-hydrogen) atoms. The molecule has 2 aromatic carbocycles. The van der Waals surface area contributed by atoms with Gasteiger partial charge in [0.05, 0.1) is 43.3 Å². The lowest BCUT2D eigenvalue weighted by atomic mass is 9.98. The molecule has 7 nitrogen and oxygen atoms in total. The van der Waals surface area contributed by atoms with E-state index in [4.69, 9.17) is 19.2 Å². The molecule has 5 rings (SSSR count). The lowest BCUT2D eigenvalue weighted by Gasteiger charge is -2.41. The third-order valence-corrected chi connectivity index (χ3v) is 6.84. The summed E-state index contributed by atoms with van der Waals surface area (Å²) in [6.45, 7) is 9.08. The molecule has 0 N–H and O–H groups in total. The third-order valence-electron chi connectivity index (χ3n) is 6.84. The fraction of sp³-hybridized carbons (Fsp3) is 0.429. The number of morpholine rings is 1. The summed E-state index contributed by atoms with van der Waals surface area (Å²) in [5.41, 5.74) is 2.64. The minimum absolute atomic E-state index is 0.0934. The Morgan fingerprint density at radius 1 is 1.11 bits per heavy atom. The van der Waals surface area contributed by atoms with Crippen LogP contribution in [0.1, 0.15) is 49.4 Å². The van der Waals surface area contributed by atoms with Crippen LogP contribution in [0.2, 0.25) is 0 Å². The molecule has 3 aromatic rings. The van der Waals surface area contributed by atoms with Gasteiger partial charge in [-0.2, -0.15) is 0 Å². The van der Waals surface area contributed by atoms with E-state index in [9.17, 15) is 13.6 Å². The Morgan fingerprint density at radius 2 is 1.89 bits per heavy atom. The highest BCUT2D eigenvalue weighted by molar-refractivity contribution is 5.95. The summed E-state index contributed by atoms with van der Waals surface area (Å²) in [4.78, 5) is 20.5. The normalized spacial score (nSPS) is 16.4. The SMILES string of the molecule is COc1cc2c(cc1OC(C)C)-n1c(-c3ccc(F)c(F)c3)nc(C(=O)N3CCOCC3(C)C)c1CC2. The maximum Gasteiger partial charge on any atom is 0.274 e. The Balaban J connectivity index is 1.73. The van der Waals surface area contributed by atoms with E-state index < -0.39 is 17.2 Å². The number of imidazole rings is 1. The topological polar surface area (TPSA) is 65.8 Å². The van der Waals surface area contributed by atoms with E-state index in [0.29, 0.717) is 61.2 Å². The number of hydrogen-bond acceptors (Lipinski definition) is 5. The average Bonchev–Trinajstić information content (AvgIpc) is 3.24. The molecule has 1 saturated heterocycles. The third kappa shape index (κ3) is 4.45. The number of ether oxygens (including phenoxy) is 3. The quantitative estimate of drug-likeness (QED) is 0.484. The summed E-state index contributed by atoms with van der Waals surface area (Å²) >= 11 is 0. The van der Waals surface area contributed by atoms with Crippen LogP contribution < -0.4 is 9.47 Å². The first-order valence-corrected chi connectivity index (χ1v) is 12.5. The first-order valence-electron chi connectivity index (χ1n) is 12.5. The molecule has 0 atom stereocenters. The first-order chi connectivity index (χ1) is 17.6. The number of aromatic nitrogens is 2. The number of rotatable bonds is 5. The van der Waals surface area contributed by atoms with Crippen LogP contribution in [0.3, 0.4) is 0 Å². The van der Waals surface area contributed by atoms with Crippen molar-refractivity contribution in [1.29, 1.82) is 0 Å². The fourth-order valence-corrected chi connectivity index (χ4v) is 5.06. The van der Waals surface area contributed by atoms with Crippen LogP contribution in [0, 0.1) is 11.6 Å². The van der Waals surface area contributed by atoms with Gasteiger partial charge in [0, 0.05) is 18.2 Å². The van der Waals surface area contributed by atoms with Crippen LogP contribution in [-0.2, 0) is 17.6 Å². The molecule has 0 unspecified atom stereocenters. The zero-order chi connectivity index (χ0) is 26.5. The summed E-state index contributed by atoms with van der Waals surface area (Å²) in [6.07, 6.45) is 1.11. The van der Waals surface area contributed by atoms with E-state index in [0.717, 1.165) is 29.1 Å². The predicted molar refractivity (Wildman–Crippen MR) is 135 cm³/mol. The zero-order valence-corrected chi connectivity index (χ0v) is 21.7. The maximum absolute atomic E-state index is 14.3. The van der Waals surface area contributed by atoms with Gasteiger partial charge in [-0.25, -0.2) is 13.8 Å². The van der Waals surface area contributed by atoms with Crippen molar-refractivity contribution in [2.24, 2.45) is 0 Å². The summed E-state index contributed by atoms with van der Waals surface area (Å²) in [5, 5.41) is 0. The number of carbonyl (C=O) groups is 1. The summed E-state index contributed by atoms with van der Waals surface area (Å²) in [6, 6.07) is 7.46. The van der Waals surface area contributed by atoms with E-state index in [-0.39, 0.29) is 12.0 Å². The highest BCUT2D eigenvalue weighted by Gasteiger charge is 2.38. The first kappa shape index (κ1) is 25.2. The number of fused-ring (bicyclic) bond motifs is 3. The summed E-state index contributed by atoms with van der Waals surface area (Å²) < 4.78 is 47.2. The van der Waals surface area contributed by atoms with Crippen molar-refractivity contribution in [2.45, 2.75) is 52.2 Å². The largest absolute Gasteiger partial charge is 0.493 e. The predicted octanol–water partition coefficient (Wildman–Crippen LogP) is 4.96. The van der Waals surface area contributed by atoms with Gasteiger partial charge in [0.2, 0.25) is 0 Å². The molecule has 2 aliphatic heterocycles. The second-order valence-corrected chi connectivity index (χ2v) is 10.3. The maximum atomic E-state index is 14.3. The number of amides is 1. The molecule has 1 fully saturated rings. The number of benzene rings is 2. The molecular formula is C28H31F2N3O4. The van der Waals surface area contributed by atoms with Gasteiger partial charge < -0.3 is 19.1 Å². The molecule has 196 valence electrons. The van der Waals surface area contributed by atoms with Crippen molar-refractivity contribution in [3.05, 3.63) is 58.9 Å². The van der Waals surface area contributed by atoms with Crippen molar-refractivity contribution in [3.63, 3.8) is 0 Å². The standard InChI is InChI=1S/C28H31F2N3O4/c1-16(2)37-24-14-22-17(13-23(24)35-5)7-9-21-25(27(34)32-10-11-36-15-28(32,3)4)31-26(33(21)22)18-6-8-19(29)20(30)12-18/h6,8,12-14,16H,7,9-11,15H2,1-5H3. The van der Waals surface area contributed by atoms with Crippen LogP contribution in [0.25, 0.3) is 17.1 Å². The van der Waals surface area contributed by atoms with E-state index in [1.165, 1.54) is 6.07 Å². The van der Waals surface area contributed by atoms with E-state index in [1.54, 1.807) is 12.0 Å². The number of carbonyl (C=O) groups excluding carboxylic acids is 1. The molecule has 3 heterocycles. The summed E-state index contributed by atoms with van der Waals surface area (Å²) in [7, 11) is 1.59. The highest BCUT2D eigenvalue weighted by Crippen LogP contribution is 2.40. The lowest BCUT2D eigenvalue weighted by Crippen LogP contribution is -2.55. The Labute approximate surface area is 215 Å². The Morgan fingerprint density at radius 3 is 2.57 bits per heavy atom. The van der Waals surface area contributed by atoms with Gasteiger partial charge in [0.1, 0.15) is 5.82 Å². The Kier molecular flexibility index (Phi) is 6.43. The van der Waals surface area contributed by atoms with E-state index >= 15 is 0 Å². The lowest BCUT2D eigenvalue weighted by molar-refractivity contribution is -0.0373. The Hall–Kier alpha value is -3.46. The van der Waals surface area contributed by atoms with Crippen LogP contribution in [0.15, 0.2) is 30.3 Å². The molecule has 0 radical (unpaired) electrons. The second-order valence-electron chi connectivity index (χ2n) is 10.3. The van der Waals surface area contributed by atoms with Gasteiger partial charge in [0.15, 0.2) is 28.8 Å². The van der Waals surface area contributed by atoms with Crippen LogP contribution in [0.4, 0.5) is 8.78 Å². The molecule has 0 aliphatic carbocycles. The number of aryl methyl sites for hydroxylation is 1. The summed E-state index contributed by atoms with van der Waals surface area (Å²) in [5.74, 6) is -0.607. The van der Waals surface area contributed by atoms with Gasteiger partial charge in [0.25, 0.3) is 5.91 Å². The molecule has 0 bridgehead atoms. The minimum Gasteiger partial charge on any atom is -0.493 e. The van der Waals surface area contributed by atoms with Gasteiger partial charge in [-0.05, 0) is 70.4 Å². The Bertz CT molecular complexity index is 1370. The smallest absolute Gasteiger partial charge is 0.274 e. The van der Waals surface area contributed by atoms with E-state index in [2.05, 4.69) is 0 Å². The average molecular weight is 512 g/mol. The second kappa shape index (κ2) is 9.45. The number of halogens is 2. The monoisotopic (exact) mass is 511 g/mol. The molecule has 1 aromatic heterocycles. The van der Waals surface area contributed by atoms with Gasteiger partial charge in [-0.3, -0.25) is 9.36 Å². The van der Waals surface area contributed by atoms with E-state index in [1.807, 2.05) is 44.4 Å². The van der Waals surface area contributed by atoms with Crippen LogP contribution in [-0.4, -0.2) is 58.9 Å². The van der Waals surface area contributed by atoms with Gasteiger partial charge in [-0.15, -0.1) is 0 Å². The molecule has 1 amide bonds. The number of hydrogen-bond donors (Lipinski definition) is 0. The molecular weight excluding hydrogens is 480 g/mol. The van der Waals surface area contributed by atoms with Crippen molar-refractivity contribution < 1.29 is 27.8 Å². The highest BCUT2D eigenvalue weighted by atomic mass is 19.2. The van der Waals surface area contributed by atoms with Crippen molar-refractivity contribution in [2.75, 3.05) is 26.9 Å². The molecule has 0 saturated carbocycles. The fourth-order valence-electron chi connectivity index (χ4n) is 5.06. The minimum atomic E-state index is -0.980. The van der Waals surface area contributed by atoms with Gasteiger partial charge >= 0.3 is 0 Å². The number of methoxy groups -OCH3 is 1. The van der Waals surface area contributed by atoms with Crippen molar-refractivity contribution in [3.8, 4) is 28.6 Å². The molecule has 9 heteroatoms. The van der Waals surface area contributed by atoms with Crippen molar-refractivity contribution >= 4 is 5.91 Å². The number of nitrogens with zero attached hydrogens (tertiary/aromatic N) is 3. The zero-order valence-electron chi connectivity index (χ0n) is 21.7. The molecule has 0 spiro atoms. The van der Waals surface area contributed by atoms with Crippen LogP contribution in [0.5, 0.6) is 11.5 Å².